The minimum absolute atomic E-state index is 0.512. The summed E-state index contributed by atoms with van der Waals surface area (Å²) in [6.07, 6.45) is 5.83. The second kappa shape index (κ2) is 3.55. The maximum absolute atomic E-state index is 13.8. The summed E-state index contributed by atoms with van der Waals surface area (Å²) >= 11 is 0. The molecule has 11 heavy (non-hydrogen) atoms. The van der Waals surface area contributed by atoms with Crippen LogP contribution in [0.4, 0.5) is 4.39 Å². The molecule has 0 unspecified atom stereocenters. The molecule has 1 saturated carbocycles. The van der Waals surface area contributed by atoms with Crippen LogP contribution in [0, 0.1) is 5.92 Å². The molecule has 0 spiro atoms. The van der Waals surface area contributed by atoms with E-state index in [0.717, 1.165) is 32.1 Å². The zero-order valence-corrected chi connectivity index (χ0v) is 7.70. The minimum atomic E-state index is -0.799. The van der Waals surface area contributed by atoms with Crippen molar-refractivity contribution in [1.82, 2.24) is 0 Å². The highest BCUT2D eigenvalue weighted by Gasteiger charge is 2.31. The number of rotatable bonds is 2. The molecule has 0 N–H and O–H groups in total. The molecular formula is C10H19F. The molecule has 1 aliphatic rings. The van der Waals surface area contributed by atoms with Crippen LogP contribution in [0.1, 0.15) is 52.4 Å². The Morgan fingerprint density at radius 3 is 2.18 bits per heavy atom. The SMILES string of the molecule is CC(C)CC1(F)CCCCC1. The molecule has 0 saturated heterocycles. The fourth-order valence-corrected chi connectivity index (χ4v) is 2.12. The maximum atomic E-state index is 13.8. The van der Waals surface area contributed by atoms with Gasteiger partial charge in [0.1, 0.15) is 5.67 Å². The molecule has 0 nitrogen and oxygen atoms in total. The monoisotopic (exact) mass is 158 g/mol. The average Bonchev–Trinajstić information content (AvgIpc) is 1.85. The minimum Gasteiger partial charge on any atom is -0.244 e. The molecule has 0 aromatic carbocycles. The maximum Gasteiger partial charge on any atom is 0.111 e. The Bertz CT molecular complexity index is 112. The summed E-state index contributed by atoms with van der Waals surface area (Å²) in [5.41, 5.74) is -0.799. The zero-order chi connectivity index (χ0) is 8.32. The lowest BCUT2D eigenvalue weighted by Gasteiger charge is -2.30. The standard InChI is InChI=1S/C10H19F/c1-9(2)8-10(11)6-4-3-5-7-10/h9H,3-8H2,1-2H3. The van der Waals surface area contributed by atoms with E-state index in [2.05, 4.69) is 13.8 Å². The van der Waals surface area contributed by atoms with Crippen molar-refractivity contribution in [2.75, 3.05) is 0 Å². The van der Waals surface area contributed by atoms with Crippen LogP contribution in [-0.2, 0) is 0 Å². The predicted molar refractivity (Wildman–Crippen MR) is 46.4 cm³/mol. The van der Waals surface area contributed by atoms with Crippen molar-refractivity contribution < 1.29 is 4.39 Å². The molecule has 0 aromatic heterocycles. The summed E-state index contributed by atoms with van der Waals surface area (Å²) in [4.78, 5) is 0. The molecule has 1 fully saturated rings. The van der Waals surface area contributed by atoms with Crippen LogP contribution in [0.25, 0.3) is 0 Å². The van der Waals surface area contributed by atoms with Crippen molar-refractivity contribution in [3.8, 4) is 0 Å². The molecule has 0 aromatic rings. The lowest BCUT2D eigenvalue weighted by Crippen LogP contribution is -2.27. The van der Waals surface area contributed by atoms with Crippen molar-refractivity contribution in [1.29, 1.82) is 0 Å². The first-order valence-corrected chi connectivity index (χ1v) is 4.81. The van der Waals surface area contributed by atoms with Crippen molar-refractivity contribution in [3.05, 3.63) is 0 Å². The van der Waals surface area contributed by atoms with Crippen LogP contribution in [0.5, 0.6) is 0 Å². The van der Waals surface area contributed by atoms with Gasteiger partial charge in [-0.05, 0) is 25.2 Å². The smallest absolute Gasteiger partial charge is 0.111 e. The normalized spacial score (nSPS) is 24.0. The van der Waals surface area contributed by atoms with Crippen LogP contribution in [0.3, 0.4) is 0 Å². The summed E-state index contributed by atoms with van der Waals surface area (Å²) < 4.78 is 13.8. The van der Waals surface area contributed by atoms with Gasteiger partial charge in [-0.15, -0.1) is 0 Å². The molecule has 0 aliphatic heterocycles. The van der Waals surface area contributed by atoms with Gasteiger partial charge in [0.05, 0.1) is 0 Å². The number of hydrogen-bond donors (Lipinski definition) is 0. The molecule has 0 bridgehead atoms. The fraction of sp³-hybridized carbons (Fsp3) is 1.00. The van der Waals surface area contributed by atoms with Gasteiger partial charge in [-0.1, -0.05) is 33.1 Å². The Hall–Kier alpha value is -0.0700. The van der Waals surface area contributed by atoms with E-state index in [1.165, 1.54) is 6.42 Å². The lowest BCUT2D eigenvalue weighted by atomic mass is 9.81. The fourth-order valence-electron chi connectivity index (χ4n) is 2.12. The third-order valence-electron chi connectivity index (χ3n) is 2.52. The van der Waals surface area contributed by atoms with E-state index in [1.807, 2.05) is 0 Å². The summed E-state index contributed by atoms with van der Waals surface area (Å²) in [6.45, 7) is 4.21. The lowest BCUT2D eigenvalue weighted by molar-refractivity contribution is 0.0815. The Kier molecular flexibility index (Phi) is 2.91. The molecule has 66 valence electrons. The van der Waals surface area contributed by atoms with Crippen LogP contribution < -0.4 is 0 Å². The van der Waals surface area contributed by atoms with Gasteiger partial charge in [0, 0.05) is 0 Å². The van der Waals surface area contributed by atoms with Gasteiger partial charge < -0.3 is 0 Å². The van der Waals surface area contributed by atoms with Gasteiger partial charge in [0.15, 0.2) is 0 Å². The van der Waals surface area contributed by atoms with E-state index < -0.39 is 5.67 Å². The molecule has 0 radical (unpaired) electrons. The molecule has 0 amide bonds. The Balaban J connectivity index is 2.37. The predicted octanol–water partition coefficient (Wildman–Crippen LogP) is 3.70. The molecule has 1 heteroatoms. The van der Waals surface area contributed by atoms with Crippen LogP contribution in [-0.4, -0.2) is 5.67 Å². The first kappa shape index (κ1) is 9.02. The quantitative estimate of drug-likeness (QED) is 0.574. The van der Waals surface area contributed by atoms with Crippen molar-refractivity contribution >= 4 is 0 Å². The zero-order valence-electron chi connectivity index (χ0n) is 7.70. The van der Waals surface area contributed by atoms with Gasteiger partial charge in [-0.2, -0.15) is 0 Å². The van der Waals surface area contributed by atoms with Gasteiger partial charge >= 0.3 is 0 Å². The first-order chi connectivity index (χ1) is 5.12. The highest BCUT2D eigenvalue weighted by molar-refractivity contribution is 4.83. The van der Waals surface area contributed by atoms with Gasteiger partial charge in [0.2, 0.25) is 0 Å². The number of alkyl halides is 1. The average molecular weight is 158 g/mol. The van der Waals surface area contributed by atoms with E-state index in [1.54, 1.807) is 0 Å². The Labute approximate surface area is 69.2 Å². The second-order valence-electron chi connectivity index (χ2n) is 4.31. The van der Waals surface area contributed by atoms with Crippen LogP contribution in [0.15, 0.2) is 0 Å². The van der Waals surface area contributed by atoms with Crippen LogP contribution in [0.2, 0.25) is 0 Å². The van der Waals surface area contributed by atoms with E-state index in [4.69, 9.17) is 0 Å². The van der Waals surface area contributed by atoms with E-state index in [-0.39, 0.29) is 0 Å². The summed E-state index contributed by atoms with van der Waals surface area (Å²) in [7, 11) is 0. The summed E-state index contributed by atoms with van der Waals surface area (Å²) in [5, 5.41) is 0. The van der Waals surface area contributed by atoms with Crippen molar-refractivity contribution in [2.24, 2.45) is 5.92 Å². The summed E-state index contributed by atoms with van der Waals surface area (Å²) in [5.74, 6) is 0.512. The van der Waals surface area contributed by atoms with Gasteiger partial charge in [0.25, 0.3) is 0 Å². The number of halogens is 1. The van der Waals surface area contributed by atoms with E-state index in [9.17, 15) is 4.39 Å². The topological polar surface area (TPSA) is 0 Å². The van der Waals surface area contributed by atoms with E-state index in [0.29, 0.717) is 5.92 Å². The van der Waals surface area contributed by atoms with Gasteiger partial charge in [-0.3, -0.25) is 0 Å². The Morgan fingerprint density at radius 2 is 1.73 bits per heavy atom. The third-order valence-corrected chi connectivity index (χ3v) is 2.52. The van der Waals surface area contributed by atoms with Crippen molar-refractivity contribution in [3.63, 3.8) is 0 Å². The largest absolute Gasteiger partial charge is 0.244 e. The summed E-state index contributed by atoms with van der Waals surface area (Å²) in [6, 6.07) is 0. The molecule has 1 rings (SSSR count). The second-order valence-corrected chi connectivity index (χ2v) is 4.31. The molecular weight excluding hydrogens is 139 g/mol. The highest BCUT2D eigenvalue weighted by atomic mass is 19.1. The Morgan fingerprint density at radius 1 is 1.18 bits per heavy atom. The van der Waals surface area contributed by atoms with Crippen molar-refractivity contribution in [2.45, 2.75) is 58.0 Å². The van der Waals surface area contributed by atoms with Crippen LogP contribution >= 0.6 is 0 Å². The molecule has 0 atom stereocenters. The molecule has 0 heterocycles. The number of hydrogen-bond acceptors (Lipinski definition) is 0. The molecule has 1 aliphatic carbocycles. The third kappa shape index (κ3) is 2.80. The van der Waals surface area contributed by atoms with E-state index >= 15 is 0 Å². The first-order valence-electron chi connectivity index (χ1n) is 4.81. The highest BCUT2D eigenvalue weighted by Crippen LogP contribution is 2.36. The van der Waals surface area contributed by atoms with Gasteiger partial charge in [-0.25, -0.2) is 4.39 Å².